The predicted octanol–water partition coefficient (Wildman–Crippen LogP) is 3.21. The van der Waals surface area contributed by atoms with Gasteiger partial charge in [-0.3, -0.25) is 0 Å². The van der Waals surface area contributed by atoms with Gasteiger partial charge >= 0.3 is 5.97 Å². The van der Waals surface area contributed by atoms with Gasteiger partial charge in [0.05, 0.1) is 5.57 Å². The molecular weight excluding hydrogens is 356 g/mol. The lowest BCUT2D eigenvalue weighted by atomic mass is 10.2. The number of alkyl halides is 1. The highest BCUT2D eigenvalue weighted by atomic mass is 79.9. The Bertz CT molecular complexity index is 274. The van der Waals surface area contributed by atoms with Crippen molar-refractivity contribution in [2.75, 3.05) is 0 Å². The summed E-state index contributed by atoms with van der Waals surface area (Å²) in [6.45, 7) is 1.87. The van der Waals surface area contributed by atoms with Crippen LogP contribution in [-0.4, -0.2) is 10.8 Å². The Balaban J connectivity index is 2.97. The molecule has 0 saturated carbocycles. The summed E-state index contributed by atoms with van der Waals surface area (Å²) in [7, 11) is 0. The van der Waals surface area contributed by atoms with Gasteiger partial charge in [-0.1, -0.05) is 15.9 Å². The number of allylic oxidation sites excluding steroid dienone is 1. The van der Waals surface area contributed by atoms with Crippen molar-refractivity contribution in [1.82, 2.24) is 0 Å². The minimum atomic E-state index is -0.300. The molecule has 0 fully saturated rings. The van der Waals surface area contributed by atoms with Crippen molar-refractivity contribution in [3.8, 4) is 0 Å². The fraction of sp³-hybridized carbons (Fsp3) is 0.286. The van der Waals surface area contributed by atoms with E-state index in [1.165, 1.54) is 0 Å². The monoisotopic (exact) mass is 358 g/mol. The summed E-state index contributed by atoms with van der Waals surface area (Å²) in [5.41, 5.74) is 0.626. The Morgan fingerprint density at radius 2 is 2.17 bits per heavy atom. The van der Waals surface area contributed by atoms with Crippen LogP contribution in [0.2, 0.25) is 0 Å². The van der Waals surface area contributed by atoms with Gasteiger partial charge in [0.15, 0.2) is 5.76 Å². The maximum absolute atomic E-state index is 11.1. The Morgan fingerprint density at radius 1 is 1.58 bits per heavy atom. The largest absolute Gasteiger partial charge is 0.421 e. The molecule has 1 rings (SSSR count). The van der Waals surface area contributed by atoms with Crippen molar-refractivity contribution in [2.45, 2.75) is 11.8 Å². The first-order valence-corrected chi connectivity index (χ1v) is 5.65. The minimum Gasteiger partial charge on any atom is -0.421 e. The van der Waals surface area contributed by atoms with Crippen LogP contribution in [0.15, 0.2) is 20.8 Å². The van der Waals surface area contributed by atoms with Gasteiger partial charge in [0.1, 0.15) is 3.39 Å². The third-order valence-electron chi connectivity index (χ3n) is 1.34. The Labute approximate surface area is 95.4 Å². The van der Waals surface area contributed by atoms with E-state index in [9.17, 15) is 4.79 Å². The van der Waals surface area contributed by atoms with Crippen molar-refractivity contribution >= 4 is 53.8 Å². The highest BCUT2D eigenvalue weighted by Gasteiger charge is 2.25. The molecular formula is C7H5Br3O2. The van der Waals surface area contributed by atoms with Crippen LogP contribution in [0, 0.1) is 0 Å². The molecule has 0 N–H and O–H groups in total. The third-order valence-corrected chi connectivity index (χ3v) is 2.61. The van der Waals surface area contributed by atoms with Gasteiger partial charge in [-0.2, -0.15) is 0 Å². The predicted molar refractivity (Wildman–Crippen MR) is 57.4 cm³/mol. The molecule has 0 bridgehead atoms. The summed E-state index contributed by atoms with van der Waals surface area (Å²) in [5.74, 6) is 0.215. The number of ether oxygens (including phenoxy) is 1. The summed E-state index contributed by atoms with van der Waals surface area (Å²) in [4.78, 5) is 11.1. The second-order valence-electron chi connectivity index (χ2n) is 2.23. The van der Waals surface area contributed by atoms with Crippen LogP contribution in [0.1, 0.15) is 6.92 Å². The lowest BCUT2D eigenvalue weighted by Crippen LogP contribution is -2.06. The smallest absolute Gasteiger partial charge is 0.340 e. The van der Waals surface area contributed by atoms with Gasteiger partial charge in [-0.05, 0) is 44.9 Å². The molecule has 2 nitrogen and oxygen atoms in total. The molecule has 12 heavy (non-hydrogen) atoms. The van der Waals surface area contributed by atoms with Crippen LogP contribution in [0.5, 0.6) is 0 Å². The molecule has 0 aromatic carbocycles. The van der Waals surface area contributed by atoms with Crippen LogP contribution in [0.25, 0.3) is 0 Å². The summed E-state index contributed by atoms with van der Waals surface area (Å²) in [6.07, 6.45) is 1.70. The molecule has 0 unspecified atom stereocenters. The number of rotatable bonds is 1. The average Bonchev–Trinajstić information content (AvgIpc) is 2.30. The second kappa shape index (κ2) is 4.07. The van der Waals surface area contributed by atoms with Crippen LogP contribution < -0.4 is 0 Å². The molecule has 1 atom stereocenters. The maximum atomic E-state index is 11.1. The minimum absolute atomic E-state index is 0.0156. The molecule has 0 aromatic heterocycles. The van der Waals surface area contributed by atoms with Gasteiger partial charge in [-0.15, -0.1) is 0 Å². The number of hydrogen-bond donors (Lipinski definition) is 0. The van der Waals surface area contributed by atoms with E-state index in [1.54, 1.807) is 6.08 Å². The van der Waals surface area contributed by atoms with Crippen LogP contribution >= 0.6 is 47.8 Å². The number of carbonyl (C=O) groups excluding carboxylic acids is 1. The topological polar surface area (TPSA) is 26.3 Å². The lowest BCUT2D eigenvalue weighted by molar-refractivity contribution is -0.133. The van der Waals surface area contributed by atoms with Crippen LogP contribution in [0.4, 0.5) is 0 Å². The molecule has 0 spiro atoms. The maximum Gasteiger partial charge on any atom is 0.340 e. The lowest BCUT2D eigenvalue weighted by Gasteiger charge is -1.98. The van der Waals surface area contributed by atoms with E-state index in [4.69, 9.17) is 4.74 Å². The van der Waals surface area contributed by atoms with E-state index in [0.717, 1.165) is 0 Å². The van der Waals surface area contributed by atoms with Gasteiger partial charge in [0.25, 0.3) is 0 Å². The molecule has 0 saturated heterocycles. The first kappa shape index (κ1) is 10.5. The van der Waals surface area contributed by atoms with Crippen molar-refractivity contribution in [1.29, 1.82) is 0 Å². The van der Waals surface area contributed by atoms with Crippen molar-refractivity contribution in [2.24, 2.45) is 0 Å². The highest BCUT2D eigenvalue weighted by Crippen LogP contribution is 2.30. The van der Waals surface area contributed by atoms with E-state index in [-0.39, 0.29) is 10.8 Å². The molecule has 0 aromatic rings. The average molecular weight is 361 g/mol. The number of cyclic esters (lactones) is 1. The zero-order valence-corrected chi connectivity index (χ0v) is 10.9. The van der Waals surface area contributed by atoms with Crippen molar-refractivity contribution in [3.63, 3.8) is 0 Å². The molecule has 66 valence electrons. The Morgan fingerprint density at radius 3 is 2.42 bits per heavy atom. The summed E-state index contributed by atoms with van der Waals surface area (Å²) in [5, 5.41) is 0. The van der Waals surface area contributed by atoms with E-state index >= 15 is 0 Å². The van der Waals surface area contributed by atoms with E-state index in [2.05, 4.69) is 47.8 Å². The highest BCUT2D eigenvalue weighted by molar-refractivity contribution is 9.28. The number of halogens is 3. The van der Waals surface area contributed by atoms with E-state index in [0.29, 0.717) is 14.7 Å². The molecule has 0 amide bonds. The van der Waals surface area contributed by atoms with Gasteiger partial charge in [0.2, 0.25) is 0 Å². The quantitative estimate of drug-likeness (QED) is 0.530. The fourth-order valence-corrected chi connectivity index (χ4v) is 1.47. The zero-order chi connectivity index (χ0) is 9.30. The van der Waals surface area contributed by atoms with Gasteiger partial charge < -0.3 is 4.74 Å². The normalized spacial score (nSPS) is 18.8. The number of esters is 1. The molecule has 1 aliphatic heterocycles. The van der Waals surface area contributed by atoms with Gasteiger partial charge in [0, 0.05) is 4.83 Å². The number of carbonyl (C=O) groups is 1. The first-order chi connectivity index (χ1) is 5.52. The third kappa shape index (κ3) is 2.20. The molecule has 5 heteroatoms. The summed E-state index contributed by atoms with van der Waals surface area (Å²) < 4.78 is 5.57. The SMILES string of the molecule is C[C@H](Br)C1=CC(=C(Br)Br)OC1=O. The molecule has 0 aliphatic carbocycles. The van der Waals surface area contributed by atoms with Crippen molar-refractivity contribution < 1.29 is 9.53 Å². The van der Waals surface area contributed by atoms with E-state index < -0.39 is 0 Å². The van der Waals surface area contributed by atoms with Crippen LogP contribution in [0.3, 0.4) is 0 Å². The summed E-state index contributed by atoms with van der Waals surface area (Å²) in [6, 6.07) is 0. The standard InChI is InChI=1S/C7H5Br3O2/c1-3(8)4-2-5(6(9)10)12-7(4)11/h2-3H,1H3/t3-/m0/s1. The Kier molecular flexibility index (Phi) is 3.55. The first-order valence-electron chi connectivity index (χ1n) is 3.15. The van der Waals surface area contributed by atoms with E-state index in [1.807, 2.05) is 6.92 Å². The Hall–Kier alpha value is 0.390. The zero-order valence-electron chi connectivity index (χ0n) is 6.11. The van der Waals surface area contributed by atoms with Crippen molar-refractivity contribution in [3.05, 3.63) is 20.8 Å². The number of hydrogen-bond acceptors (Lipinski definition) is 2. The molecule has 1 heterocycles. The molecule has 0 radical (unpaired) electrons. The fourth-order valence-electron chi connectivity index (χ4n) is 0.759. The summed E-state index contributed by atoms with van der Waals surface area (Å²) >= 11 is 9.62. The second-order valence-corrected chi connectivity index (χ2v) is 6.25. The van der Waals surface area contributed by atoms with Crippen LogP contribution in [-0.2, 0) is 9.53 Å². The molecule has 1 aliphatic rings. The van der Waals surface area contributed by atoms with Gasteiger partial charge in [-0.25, -0.2) is 4.79 Å².